The van der Waals surface area contributed by atoms with Crippen molar-refractivity contribution in [1.29, 1.82) is 0 Å². The van der Waals surface area contributed by atoms with Crippen LogP contribution in [0.1, 0.15) is 5.56 Å². The van der Waals surface area contributed by atoms with Crippen LogP contribution in [0.15, 0.2) is 24.3 Å². The Bertz CT molecular complexity index is 402. The third-order valence-corrected chi connectivity index (χ3v) is 1.68. The van der Waals surface area contributed by atoms with E-state index in [1.807, 2.05) is 24.3 Å². The Morgan fingerprint density at radius 1 is 1.23 bits per heavy atom. The standard InChI is InChI=1S/C9H8N4/c1-7-3-5-8(6-4-7)9-10-12-13(2)11-9/h1,3-6H,2H3. The zero-order valence-electron chi connectivity index (χ0n) is 7.18. The summed E-state index contributed by atoms with van der Waals surface area (Å²) in [6.45, 7) is 5.55. The van der Waals surface area contributed by atoms with Crippen LogP contribution >= 0.6 is 0 Å². The smallest absolute Gasteiger partial charge is 0.167 e. The largest absolute Gasteiger partial charge is 0.204 e. The van der Waals surface area contributed by atoms with E-state index >= 15 is 0 Å². The van der Waals surface area contributed by atoms with Crippen LogP contribution in [0.2, 0.25) is 0 Å². The maximum atomic E-state index is 5.55. The highest BCUT2D eigenvalue weighted by Crippen LogP contribution is 2.13. The van der Waals surface area contributed by atoms with Crippen molar-refractivity contribution in [3.05, 3.63) is 36.8 Å². The van der Waals surface area contributed by atoms with Crippen molar-refractivity contribution < 1.29 is 0 Å². The molecule has 0 spiro atoms. The minimum Gasteiger partial charge on any atom is -0.167 e. The third kappa shape index (κ3) is 1.56. The van der Waals surface area contributed by atoms with E-state index < -0.39 is 0 Å². The molecular weight excluding hydrogens is 164 g/mol. The molecular formula is C9H8N4. The van der Waals surface area contributed by atoms with E-state index in [1.54, 1.807) is 7.05 Å². The summed E-state index contributed by atoms with van der Waals surface area (Å²) < 4.78 is 0. The van der Waals surface area contributed by atoms with Crippen LogP contribution < -0.4 is 0 Å². The monoisotopic (exact) mass is 172 g/mol. The summed E-state index contributed by atoms with van der Waals surface area (Å²) >= 11 is 0. The SMILES string of the molecule is [CH]c1ccc(-c2nnn(C)n2)cc1. The molecule has 4 nitrogen and oxygen atoms in total. The lowest BCUT2D eigenvalue weighted by molar-refractivity contribution is 0.630. The average Bonchev–Trinajstić information content (AvgIpc) is 2.53. The summed E-state index contributed by atoms with van der Waals surface area (Å²) in [5.74, 6) is 0.613. The minimum atomic E-state index is 0.613. The number of aryl methyl sites for hydroxylation is 1. The maximum absolute atomic E-state index is 5.55. The molecule has 0 unspecified atom stereocenters. The molecule has 4 heteroatoms. The number of rotatable bonds is 1. The number of hydrogen-bond acceptors (Lipinski definition) is 3. The molecule has 1 aromatic heterocycles. The molecule has 1 heterocycles. The van der Waals surface area contributed by atoms with Crippen LogP contribution in [-0.4, -0.2) is 20.2 Å². The van der Waals surface area contributed by atoms with Gasteiger partial charge in [0.2, 0.25) is 5.82 Å². The number of aromatic nitrogens is 4. The van der Waals surface area contributed by atoms with E-state index in [4.69, 9.17) is 6.92 Å². The van der Waals surface area contributed by atoms with Gasteiger partial charge in [0.05, 0.1) is 7.05 Å². The minimum absolute atomic E-state index is 0.613. The molecule has 64 valence electrons. The summed E-state index contributed by atoms with van der Waals surface area (Å²) in [7, 11) is 1.73. The summed E-state index contributed by atoms with van der Waals surface area (Å²) in [5.41, 5.74) is 1.65. The second-order valence-electron chi connectivity index (χ2n) is 2.72. The molecule has 13 heavy (non-hydrogen) atoms. The molecule has 0 aliphatic carbocycles. The van der Waals surface area contributed by atoms with Gasteiger partial charge in [-0.25, -0.2) is 0 Å². The average molecular weight is 172 g/mol. The first-order chi connectivity index (χ1) is 6.25. The van der Waals surface area contributed by atoms with Gasteiger partial charge >= 0.3 is 0 Å². The first kappa shape index (κ1) is 7.91. The molecule has 0 aliphatic heterocycles. The highest BCUT2D eigenvalue weighted by molar-refractivity contribution is 5.54. The van der Waals surface area contributed by atoms with Gasteiger partial charge < -0.3 is 0 Å². The summed E-state index contributed by atoms with van der Waals surface area (Å²) in [6, 6.07) is 7.36. The number of nitrogens with zero attached hydrogens (tertiary/aromatic N) is 4. The highest BCUT2D eigenvalue weighted by atomic mass is 15.6. The van der Waals surface area contributed by atoms with Crippen molar-refractivity contribution in [1.82, 2.24) is 20.2 Å². The topological polar surface area (TPSA) is 43.6 Å². The number of hydrogen-bond donors (Lipinski definition) is 0. The fraction of sp³-hybridized carbons (Fsp3) is 0.111. The lowest BCUT2D eigenvalue weighted by Crippen LogP contribution is -1.91. The Kier molecular flexibility index (Phi) is 1.81. The second-order valence-corrected chi connectivity index (χ2v) is 2.72. The van der Waals surface area contributed by atoms with Gasteiger partial charge in [0, 0.05) is 5.56 Å². The normalized spacial score (nSPS) is 10.3. The third-order valence-electron chi connectivity index (χ3n) is 1.68. The first-order valence-electron chi connectivity index (χ1n) is 3.85. The Balaban J connectivity index is 2.41. The molecule has 0 saturated carbocycles. The Morgan fingerprint density at radius 2 is 1.92 bits per heavy atom. The van der Waals surface area contributed by atoms with E-state index in [1.165, 1.54) is 4.80 Å². The second kappa shape index (κ2) is 2.97. The van der Waals surface area contributed by atoms with E-state index in [9.17, 15) is 0 Å². The van der Waals surface area contributed by atoms with E-state index in [0.29, 0.717) is 5.82 Å². The van der Waals surface area contributed by atoms with Gasteiger partial charge in [-0.05, 0) is 17.7 Å². The van der Waals surface area contributed by atoms with Crippen molar-refractivity contribution in [2.45, 2.75) is 0 Å². The van der Waals surface area contributed by atoms with E-state index in [-0.39, 0.29) is 0 Å². The van der Waals surface area contributed by atoms with Gasteiger partial charge in [0.15, 0.2) is 0 Å². The van der Waals surface area contributed by atoms with Crippen molar-refractivity contribution in [2.75, 3.05) is 0 Å². The Hall–Kier alpha value is -1.71. The maximum Gasteiger partial charge on any atom is 0.204 e. The van der Waals surface area contributed by atoms with Crippen LogP contribution in [0.5, 0.6) is 0 Å². The lowest BCUT2D eigenvalue weighted by atomic mass is 10.1. The van der Waals surface area contributed by atoms with Gasteiger partial charge in [0.25, 0.3) is 0 Å². The molecule has 0 saturated heterocycles. The zero-order chi connectivity index (χ0) is 9.26. The van der Waals surface area contributed by atoms with Crippen molar-refractivity contribution >= 4 is 0 Å². The van der Waals surface area contributed by atoms with Crippen molar-refractivity contribution in [3.63, 3.8) is 0 Å². The predicted octanol–water partition coefficient (Wildman–Crippen LogP) is 0.936. The van der Waals surface area contributed by atoms with Gasteiger partial charge in [0.1, 0.15) is 0 Å². The predicted molar refractivity (Wildman–Crippen MR) is 47.6 cm³/mol. The zero-order valence-corrected chi connectivity index (χ0v) is 7.18. The van der Waals surface area contributed by atoms with Gasteiger partial charge in [-0.15, -0.1) is 10.2 Å². The molecule has 1 aromatic carbocycles. The molecule has 0 bridgehead atoms. The van der Waals surface area contributed by atoms with E-state index in [2.05, 4.69) is 15.4 Å². The molecule has 0 aliphatic rings. The van der Waals surface area contributed by atoms with Crippen molar-refractivity contribution in [3.8, 4) is 11.4 Å². The van der Waals surface area contributed by atoms with Gasteiger partial charge in [-0.3, -0.25) is 0 Å². The molecule has 0 atom stereocenters. The van der Waals surface area contributed by atoms with Crippen LogP contribution in [0.4, 0.5) is 0 Å². The van der Waals surface area contributed by atoms with Crippen molar-refractivity contribution in [2.24, 2.45) is 7.05 Å². The fourth-order valence-corrected chi connectivity index (χ4v) is 1.03. The first-order valence-corrected chi connectivity index (χ1v) is 3.85. The van der Waals surface area contributed by atoms with Crippen LogP contribution in [0.25, 0.3) is 11.4 Å². The summed E-state index contributed by atoms with van der Waals surface area (Å²) in [4.78, 5) is 1.42. The van der Waals surface area contributed by atoms with Crippen LogP contribution in [0.3, 0.4) is 0 Å². The fourth-order valence-electron chi connectivity index (χ4n) is 1.03. The van der Waals surface area contributed by atoms with E-state index in [0.717, 1.165) is 11.1 Å². The molecule has 0 N–H and O–H groups in total. The summed E-state index contributed by atoms with van der Waals surface area (Å²) in [6.07, 6.45) is 0. The quantitative estimate of drug-likeness (QED) is 0.642. The number of benzene rings is 1. The molecule has 0 amide bonds. The van der Waals surface area contributed by atoms with Gasteiger partial charge in [-0.2, -0.15) is 4.80 Å². The molecule has 2 radical (unpaired) electrons. The Morgan fingerprint density at radius 3 is 2.46 bits per heavy atom. The number of tetrazole rings is 1. The Labute approximate surface area is 76.2 Å². The van der Waals surface area contributed by atoms with Gasteiger partial charge in [-0.1, -0.05) is 24.3 Å². The summed E-state index contributed by atoms with van der Waals surface area (Å²) in [5, 5.41) is 11.7. The molecule has 2 rings (SSSR count). The molecule has 2 aromatic rings. The lowest BCUT2D eigenvalue weighted by Gasteiger charge is -1.93. The van der Waals surface area contributed by atoms with Crippen LogP contribution in [-0.2, 0) is 7.05 Å². The highest BCUT2D eigenvalue weighted by Gasteiger charge is 2.02. The van der Waals surface area contributed by atoms with Crippen LogP contribution in [0, 0.1) is 6.92 Å². The molecule has 0 fully saturated rings.